The van der Waals surface area contributed by atoms with Crippen LogP contribution in [0.5, 0.6) is 0 Å². The minimum Gasteiger partial charge on any atom is -0.466 e. The van der Waals surface area contributed by atoms with E-state index < -0.39 is 11.0 Å². The van der Waals surface area contributed by atoms with Crippen molar-refractivity contribution in [3.63, 3.8) is 0 Å². The van der Waals surface area contributed by atoms with Gasteiger partial charge in [-0.05, 0) is 49.6 Å². The Morgan fingerprint density at radius 1 is 1.29 bits per heavy atom. The fraction of sp³-hybridized carbons (Fsp3) is 0.421. The van der Waals surface area contributed by atoms with E-state index in [0.717, 1.165) is 31.2 Å². The molecule has 2 aromatic rings. The van der Waals surface area contributed by atoms with E-state index in [2.05, 4.69) is 5.32 Å². The molecule has 4 nitrogen and oxygen atoms in total. The van der Waals surface area contributed by atoms with Gasteiger partial charge >= 0.3 is 0 Å². The molecule has 1 fully saturated rings. The summed E-state index contributed by atoms with van der Waals surface area (Å²) in [7, 11) is 0. The Hall–Kier alpha value is -2.14. The van der Waals surface area contributed by atoms with Crippen LogP contribution in [-0.2, 0) is 15.8 Å². The van der Waals surface area contributed by atoms with Crippen molar-refractivity contribution >= 4 is 5.91 Å². The summed E-state index contributed by atoms with van der Waals surface area (Å²) in [6, 6.07) is 9.53. The van der Waals surface area contributed by atoms with Crippen LogP contribution >= 0.6 is 0 Å². The Morgan fingerprint density at radius 2 is 1.96 bits per heavy atom. The van der Waals surface area contributed by atoms with Gasteiger partial charge in [0.05, 0.1) is 18.2 Å². The number of rotatable bonds is 5. The molecule has 1 amide bonds. The Labute approximate surface area is 140 Å². The molecular weight excluding hydrogens is 309 g/mol. The number of amides is 1. The largest absolute Gasteiger partial charge is 0.466 e. The maximum Gasteiger partial charge on any atom is 0.230 e. The molecule has 1 unspecified atom stereocenters. The monoisotopic (exact) mass is 331 g/mol. The molecule has 128 valence electrons. The SMILES string of the molecule is CC(O)(CNC(=O)C1(c2ccc(F)cc2)CCCC1)c1ccco1. The molecule has 1 saturated carbocycles. The minimum absolute atomic E-state index is 0.0578. The van der Waals surface area contributed by atoms with Crippen LogP contribution in [0.2, 0.25) is 0 Å². The van der Waals surface area contributed by atoms with Crippen molar-refractivity contribution in [2.45, 2.75) is 43.6 Å². The van der Waals surface area contributed by atoms with Crippen molar-refractivity contribution in [1.82, 2.24) is 5.32 Å². The molecule has 1 aromatic carbocycles. The van der Waals surface area contributed by atoms with Gasteiger partial charge in [-0.25, -0.2) is 4.39 Å². The first kappa shape index (κ1) is 16.7. The van der Waals surface area contributed by atoms with Gasteiger partial charge in [0.25, 0.3) is 0 Å². The van der Waals surface area contributed by atoms with Gasteiger partial charge in [0, 0.05) is 0 Å². The maximum absolute atomic E-state index is 13.2. The van der Waals surface area contributed by atoms with Crippen molar-refractivity contribution in [3.05, 3.63) is 59.8 Å². The average molecular weight is 331 g/mol. The summed E-state index contributed by atoms with van der Waals surface area (Å²) in [5.41, 5.74) is -1.09. The highest BCUT2D eigenvalue weighted by molar-refractivity contribution is 5.88. The number of furan rings is 1. The van der Waals surface area contributed by atoms with Gasteiger partial charge in [-0.3, -0.25) is 4.79 Å². The molecule has 0 spiro atoms. The molecule has 24 heavy (non-hydrogen) atoms. The van der Waals surface area contributed by atoms with E-state index in [-0.39, 0.29) is 18.3 Å². The fourth-order valence-electron chi connectivity index (χ4n) is 3.49. The quantitative estimate of drug-likeness (QED) is 0.884. The van der Waals surface area contributed by atoms with Gasteiger partial charge in [-0.2, -0.15) is 0 Å². The number of hydrogen-bond donors (Lipinski definition) is 2. The second kappa shape index (κ2) is 6.40. The molecule has 1 aromatic heterocycles. The lowest BCUT2D eigenvalue weighted by Crippen LogP contribution is -2.47. The number of carbonyl (C=O) groups is 1. The molecule has 3 rings (SSSR count). The zero-order valence-corrected chi connectivity index (χ0v) is 13.7. The molecule has 0 radical (unpaired) electrons. The summed E-state index contributed by atoms with van der Waals surface area (Å²) in [4.78, 5) is 12.9. The standard InChI is InChI=1S/C19H22FNO3/c1-18(23,16-5-4-12-24-16)13-21-17(22)19(10-2-3-11-19)14-6-8-15(20)9-7-14/h4-9,12,23H,2-3,10-11,13H2,1H3,(H,21,22). The van der Waals surface area contributed by atoms with Gasteiger partial charge in [-0.1, -0.05) is 25.0 Å². The lowest BCUT2D eigenvalue weighted by molar-refractivity contribution is -0.128. The van der Waals surface area contributed by atoms with Crippen LogP contribution < -0.4 is 5.32 Å². The summed E-state index contributed by atoms with van der Waals surface area (Å²) in [6.45, 7) is 1.66. The summed E-state index contributed by atoms with van der Waals surface area (Å²) < 4.78 is 18.5. The number of aliphatic hydroxyl groups is 1. The van der Waals surface area contributed by atoms with Crippen molar-refractivity contribution < 1.29 is 18.7 Å². The third kappa shape index (κ3) is 3.08. The fourth-order valence-corrected chi connectivity index (χ4v) is 3.49. The predicted molar refractivity (Wildman–Crippen MR) is 87.8 cm³/mol. The first-order chi connectivity index (χ1) is 11.4. The molecule has 0 saturated heterocycles. The van der Waals surface area contributed by atoms with Gasteiger partial charge in [0.15, 0.2) is 0 Å². The van der Waals surface area contributed by atoms with Crippen molar-refractivity contribution in [3.8, 4) is 0 Å². The van der Waals surface area contributed by atoms with E-state index in [4.69, 9.17) is 4.42 Å². The van der Waals surface area contributed by atoms with Crippen molar-refractivity contribution in [2.24, 2.45) is 0 Å². The van der Waals surface area contributed by atoms with Crippen molar-refractivity contribution in [1.29, 1.82) is 0 Å². The normalized spacial score (nSPS) is 19.0. The lowest BCUT2D eigenvalue weighted by atomic mass is 9.78. The molecule has 1 heterocycles. The Morgan fingerprint density at radius 3 is 2.54 bits per heavy atom. The van der Waals surface area contributed by atoms with E-state index in [0.29, 0.717) is 5.76 Å². The van der Waals surface area contributed by atoms with Crippen molar-refractivity contribution in [2.75, 3.05) is 6.54 Å². The third-order valence-corrected chi connectivity index (χ3v) is 4.93. The molecular formula is C19H22FNO3. The summed E-state index contributed by atoms with van der Waals surface area (Å²) >= 11 is 0. The van der Waals surface area contributed by atoms with Gasteiger partial charge in [0.2, 0.25) is 5.91 Å². The number of carbonyl (C=O) groups excluding carboxylic acids is 1. The van der Waals surface area contributed by atoms with Crippen LogP contribution in [0.4, 0.5) is 4.39 Å². The van der Waals surface area contributed by atoms with Crippen LogP contribution in [-0.4, -0.2) is 17.6 Å². The summed E-state index contributed by atoms with van der Waals surface area (Å²) in [5, 5.41) is 13.4. The van der Waals surface area contributed by atoms with E-state index in [1.54, 1.807) is 31.2 Å². The predicted octanol–water partition coefficient (Wildman–Crippen LogP) is 3.25. The topological polar surface area (TPSA) is 62.5 Å². The Bertz CT molecular complexity index is 686. The third-order valence-electron chi connectivity index (χ3n) is 4.93. The van der Waals surface area contributed by atoms with Gasteiger partial charge < -0.3 is 14.8 Å². The van der Waals surface area contributed by atoms with Gasteiger partial charge in [-0.15, -0.1) is 0 Å². The van der Waals surface area contributed by atoms with E-state index in [1.165, 1.54) is 18.4 Å². The van der Waals surface area contributed by atoms with E-state index in [9.17, 15) is 14.3 Å². The average Bonchev–Trinajstić information content (AvgIpc) is 3.25. The summed E-state index contributed by atoms with van der Waals surface area (Å²) in [5.74, 6) is -0.0310. The van der Waals surface area contributed by atoms with Crippen LogP contribution in [0.3, 0.4) is 0 Å². The maximum atomic E-state index is 13.2. The lowest BCUT2D eigenvalue weighted by Gasteiger charge is -2.30. The molecule has 1 aliphatic rings. The first-order valence-corrected chi connectivity index (χ1v) is 8.25. The second-order valence-corrected chi connectivity index (χ2v) is 6.73. The highest BCUT2D eigenvalue weighted by Crippen LogP contribution is 2.41. The van der Waals surface area contributed by atoms with Crippen LogP contribution in [0.25, 0.3) is 0 Å². The van der Waals surface area contributed by atoms with Crippen LogP contribution in [0, 0.1) is 5.82 Å². The smallest absolute Gasteiger partial charge is 0.230 e. The zero-order valence-electron chi connectivity index (χ0n) is 13.7. The number of nitrogens with one attached hydrogen (secondary N) is 1. The Kier molecular flexibility index (Phi) is 4.45. The molecule has 0 bridgehead atoms. The molecule has 5 heteroatoms. The van der Waals surface area contributed by atoms with E-state index in [1.807, 2.05) is 0 Å². The second-order valence-electron chi connectivity index (χ2n) is 6.73. The highest BCUT2D eigenvalue weighted by atomic mass is 19.1. The van der Waals surface area contributed by atoms with Gasteiger partial charge in [0.1, 0.15) is 17.2 Å². The molecule has 0 aliphatic heterocycles. The first-order valence-electron chi connectivity index (χ1n) is 8.25. The molecule has 1 atom stereocenters. The highest BCUT2D eigenvalue weighted by Gasteiger charge is 2.43. The van der Waals surface area contributed by atoms with Crippen LogP contribution in [0.1, 0.15) is 43.9 Å². The summed E-state index contributed by atoms with van der Waals surface area (Å²) in [6.07, 6.45) is 4.86. The van der Waals surface area contributed by atoms with E-state index >= 15 is 0 Å². The Balaban J connectivity index is 1.77. The number of hydrogen-bond acceptors (Lipinski definition) is 3. The van der Waals surface area contributed by atoms with Crippen LogP contribution in [0.15, 0.2) is 47.1 Å². The number of benzene rings is 1. The molecule has 1 aliphatic carbocycles. The zero-order chi connectivity index (χ0) is 17.2. The molecule has 2 N–H and O–H groups in total. The minimum atomic E-state index is -1.28. The number of halogens is 1.